The van der Waals surface area contributed by atoms with Crippen LogP contribution in [0.1, 0.15) is 19.3 Å². The van der Waals surface area contributed by atoms with E-state index < -0.39 is 28.4 Å². The predicted molar refractivity (Wildman–Crippen MR) is 110 cm³/mol. The van der Waals surface area contributed by atoms with E-state index in [1.165, 1.54) is 28.6 Å². The molecule has 1 saturated heterocycles. The van der Waals surface area contributed by atoms with Crippen molar-refractivity contribution in [3.8, 4) is 5.75 Å². The Bertz CT molecular complexity index is 1010. The first-order valence-corrected chi connectivity index (χ1v) is 11.1. The van der Waals surface area contributed by atoms with Crippen LogP contribution >= 0.6 is 23.2 Å². The molecule has 29 heavy (non-hydrogen) atoms. The topological polar surface area (TPSA) is 75.7 Å². The predicted octanol–water partition coefficient (Wildman–Crippen LogP) is 4.32. The summed E-state index contributed by atoms with van der Waals surface area (Å²) in [6.45, 7) is 0.530. The van der Waals surface area contributed by atoms with Gasteiger partial charge in [0.2, 0.25) is 10.0 Å². The van der Waals surface area contributed by atoms with Crippen molar-refractivity contribution in [2.24, 2.45) is 0 Å². The zero-order valence-electron chi connectivity index (χ0n) is 15.3. The van der Waals surface area contributed by atoms with Crippen LogP contribution in [0.4, 0.5) is 10.1 Å². The Kier molecular flexibility index (Phi) is 7.00. The van der Waals surface area contributed by atoms with Crippen molar-refractivity contribution in [3.63, 3.8) is 0 Å². The number of rotatable bonds is 6. The minimum Gasteiger partial charge on any atom is -0.482 e. The summed E-state index contributed by atoms with van der Waals surface area (Å²) in [5.41, 5.74) is 0.156. The summed E-state index contributed by atoms with van der Waals surface area (Å²) in [6, 6.07) is 7.70. The molecule has 0 saturated carbocycles. The minimum absolute atomic E-state index is 0.0328. The maximum Gasteiger partial charge on any atom is 0.262 e. The number of ether oxygens (including phenoxy) is 1. The van der Waals surface area contributed by atoms with Crippen molar-refractivity contribution < 1.29 is 22.3 Å². The first-order chi connectivity index (χ1) is 13.8. The summed E-state index contributed by atoms with van der Waals surface area (Å²) >= 11 is 12.0. The second-order valence-corrected chi connectivity index (χ2v) is 9.27. The van der Waals surface area contributed by atoms with Gasteiger partial charge >= 0.3 is 0 Å². The van der Waals surface area contributed by atoms with Crippen molar-refractivity contribution in [1.29, 1.82) is 0 Å². The molecule has 2 aromatic rings. The third kappa shape index (κ3) is 5.39. The lowest BCUT2D eigenvalue weighted by Gasteiger charge is -2.26. The van der Waals surface area contributed by atoms with E-state index in [0.717, 1.165) is 31.4 Å². The number of halogens is 3. The van der Waals surface area contributed by atoms with Crippen LogP contribution < -0.4 is 10.1 Å². The number of carbonyl (C=O) groups excluding carboxylic acids is 1. The normalized spacial score (nSPS) is 15.1. The number of benzene rings is 2. The highest BCUT2D eigenvalue weighted by molar-refractivity contribution is 7.89. The molecule has 1 amide bonds. The number of anilines is 1. The molecule has 10 heteroatoms. The molecular weight excluding hydrogens is 442 g/mol. The molecule has 156 valence electrons. The van der Waals surface area contributed by atoms with E-state index in [0.29, 0.717) is 13.1 Å². The van der Waals surface area contributed by atoms with Crippen molar-refractivity contribution in [3.05, 3.63) is 52.3 Å². The lowest BCUT2D eigenvalue weighted by molar-refractivity contribution is -0.118. The fourth-order valence-electron chi connectivity index (χ4n) is 2.94. The van der Waals surface area contributed by atoms with Gasteiger partial charge in [0.05, 0.1) is 20.6 Å². The van der Waals surface area contributed by atoms with Crippen molar-refractivity contribution in [2.45, 2.75) is 24.2 Å². The highest BCUT2D eigenvalue weighted by Crippen LogP contribution is 2.29. The summed E-state index contributed by atoms with van der Waals surface area (Å²) in [5, 5.41) is 2.75. The molecule has 0 bridgehead atoms. The van der Waals surface area contributed by atoms with Crippen LogP contribution in [-0.4, -0.2) is 38.3 Å². The molecule has 1 N–H and O–H groups in total. The largest absolute Gasteiger partial charge is 0.482 e. The third-order valence-electron chi connectivity index (χ3n) is 4.42. The number of sulfonamides is 1. The van der Waals surface area contributed by atoms with Gasteiger partial charge in [0, 0.05) is 13.1 Å². The van der Waals surface area contributed by atoms with Crippen molar-refractivity contribution in [1.82, 2.24) is 4.31 Å². The Morgan fingerprint density at radius 3 is 2.48 bits per heavy atom. The maximum absolute atomic E-state index is 13.1. The number of hydrogen-bond acceptors (Lipinski definition) is 4. The molecule has 1 fully saturated rings. The molecule has 6 nitrogen and oxygen atoms in total. The molecule has 1 heterocycles. The van der Waals surface area contributed by atoms with Gasteiger partial charge in [-0.1, -0.05) is 29.6 Å². The molecule has 0 atom stereocenters. The van der Waals surface area contributed by atoms with Gasteiger partial charge in [-0.15, -0.1) is 0 Å². The van der Waals surface area contributed by atoms with E-state index in [2.05, 4.69) is 5.32 Å². The molecule has 0 aromatic heterocycles. The Morgan fingerprint density at radius 2 is 1.79 bits per heavy atom. The zero-order chi connectivity index (χ0) is 21.0. The lowest BCUT2D eigenvalue weighted by Crippen LogP contribution is -2.35. The second kappa shape index (κ2) is 9.30. The van der Waals surface area contributed by atoms with Gasteiger partial charge in [0.1, 0.15) is 11.6 Å². The number of piperidine rings is 1. The van der Waals surface area contributed by atoms with Crippen molar-refractivity contribution >= 4 is 44.8 Å². The molecule has 0 radical (unpaired) electrons. The average molecular weight is 461 g/mol. The summed E-state index contributed by atoms with van der Waals surface area (Å²) in [7, 11) is -3.66. The SMILES string of the molecule is O=C(COc1ccc(F)cc1Cl)Nc1cc(S(=O)(=O)N2CCCCC2)ccc1Cl. The fraction of sp³-hybridized carbons (Fsp3) is 0.316. The van der Waals surface area contributed by atoms with Gasteiger partial charge in [-0.25, -0.2) is 12.8 Å². The van der Waals surface area contributed by atoms with Gasteiger partial charge in [0.25, 0.3) is 5.91 Å². The molecular formula is C19H19Cl2FN2O4S. The molecule has 0 aliphatic carbocycles. The Labute approximate surface area is 178 Å². The zero-order valence-corrected chi connectivity index (χ0v) is 17.7. The Morgan fingerprint density at radius 1 is 1.07 bits per heavy atom. The number of carbonyl (C=O) groups is 1. The quantitative estimate of drug-likeness (QED) is 0.695. The molecule has 3 rings (SSSR count). The van der Waals surface area contributed by atoms with Crippen molar-refractivity contribution in [2.75, 3.05) is 25.0 Å². The van der Waals surface area contributed by atoms with Gasteiger partial charge < -0.3 is 10.1 Å². The number of amides is 1. The van der Waals surface area contributed by atoms with E-state index in [4.69, 9.17) is 27.9 Å². The van der Waals surface area contributed by atoms with Crippen LogP contribution in [0.5, 0.6) is 5.75 Å². The van der Waals surface area contributed by atoms with E-state index in [1.54, 1.807) is 0 Å². The van der Waals surface area contributed by atoms with E-state index in [-0.39, 0.29) is 26.4 Å². The average Bonchev–Trinajstić information content (AvgIpc) is 2.69. The first kappa shape index (κ1) is 21.8. The summed E-state index contributed by atoms with van der Waals surface area (Å²) in [5.74, 6) is -0.944. The highest BCUT2D eigenvalue weighted by atomic mass is 35.5. The summed E-state index contributed by atoms with van der Waals surface area (Å²) < 4.78 is 45.4. The molecule has 0 spiro atoms. The smallest absolute Gasteiger partial charge is 0.262 e. The van der Waals surface area contributed by atoms with Crippen LogP contribution in [0, 0.1) is 5.82 Å². The monoisotopic (exact) mass is 460 g/mol. The third-order valence-corrected chi connectivity index (χ3v) is 6.94. The molecule has 2 aromatic carbocycles. The Hall–Kier alpha value is -1.87. The molecule has 1 aliphatic rings. The fourth-order valence-corrected chi connectivity index (χ4v) is 4.87. The van der Waals surface area contributed by atoms with Gasteiger partial charge in [-0.05, 0) is 49.2 Å². The summed E-state index contributed by atoms with van der Waals surface area (Å²) in [4.78, 5) is 12.3. The lowest BCUT2D eigenvalue weighted by atomic mass is 10.2. The number of hydrogen-bond donors (Lipinski definition) is 1. The molecule has 0 unspecified atom stereocenters. The maximum atomic E-state index is 13.1. The minimum atomic E-state index is -3.66. The standard InChI is InChI=1S/C19H19Cl2FN2O4S/c20-15-6-5-14(29(26,27)24-8-2-1-3-9-24)11-17(15)23-19(25)12-28-18-7-4-13(22)10-16(18)21/h4-7,10-11H,1-3,8-9,12H2,(H,23,25). The summed E-state index contributed by atoms with van der Waals surface area (Å²) in [6.07, 6.45) is 2.64. The van der Waals surface area contributed by atoms with Gasteiger partial charge in [-0.3, -0.25) is 4.79 Å². The van der Waals surface area contributed by atoms with Crippen LogP contribution in [0.2, 0.25) is 10.0 Å². The van der Waals surface area contributed by atoms with Crippen LogP contribution in [0.3, 0.4) is 0 Å². The number of nitrogens with zero attached hydrogens (tertiary/aromatic N) is 1. The highest BCUT2D eigenvalue weighted by Gasteiger charge is 2.26. The van der Waals surface area contributed by atoms with E-state index in [9.17, 15) is 17.6 Å². The van der Waals surface area contributed by atoms with E-state index in [1.807, 2.05) is 0 Å². The first-order valence-electron chi connectivity index (χ1n) is 8.95. The number of nitrogens with one attached hydrogen (secondary N) is 1. The van der Waals surface area contributed by atoms with Gasteiger partial charge in [0.15, 0.2) is 6.61 Å². The van der Waals surface area contributed by atoms with E-state index >= 15 is 0 Å². The Balaban J connectivity index is 1.70. The van der Waals surface area contributed by atoms with Crippen LogP contribution in [0.15, 0.2) is 41.3 Å². The van der Waals surface area contributed by atoms with Gasteiger partial charge in [-0.2, -0.15) is 4.31 Å². The molecule has 1 aliphatic heterocycles. The van der Waals surface area contributed by atoms with Crippen LogP contribution in [0.25, 0.3) is 0 Å². The second-order valence-electron chi connectivity index (χ2n) is 6.52. The van der Waals surface area contributed by atoms with Crippen LogP contribution in [-0.2, 0) is 14.8 Å².